The first-order chi connectivity index (χ1) is 9.69. The maximum atomic E-state index is 11.8. The SMILES string of the molecule is CCSc1nnc(NC(=O)/C=C/c2ccccc2Br)s1. The first-order valence-electron chi connectivity index (χ1n) is 5.89. The van der Waals surface area contributed by atoms with E-state index >= 15 is 0 Å². The fourth-order valence-electron chi connectivity index (χ4n) is 1.36. The van der Waals surface area contributed by atoms with Crippen molar-refractivity contribution in [1.82, 2.24) is 10.2 Å². The van der Waals surface area contributed by atoms with Crippen molar-refractivity contribution in [2.75, 3.05) is 11.1 Å². The van der Waals surface area contributed by atoms with Crippen molar-refractivity contribution in [3.63, 3.8) is 0 Å². The molecule has 7 heteroatoms. The first kappa shape index (κ1) is 15.2. The maximum Gasteiger partial charge on any atom is 0.250 e. The van der Waals surface area contributed by atoms with Crippen molar-refractivity contribution in [3.8, 4) is 0 Å². The van der Waals surface area contributed by atoms with Crippen LogP contribution in [0.4, 0.5) is 5.13 Å². The van der Waals surface area contributed by atoms with Crippen LogP contribution in [0.1, 0.15) is 12.5 Å². The summed E-state index contributed by atoms with van der Waals surface area (Å²) in [4.78, 5) is 11.8. The van der Waals surface area contributed by atoms with Gasteiger partial charge >= 0.3 is 0 Å². The third-order valence-corrected chi connectivity index (χ3v) is 4.80. The zero-order valence-electron chi connectivity index (χ0n) is 10.7. The molecule has 0 bridgehead atoms. The Kier molecular flexibility index (Phi) is 5.75. The Morgan fingerprint density at radius 3 is 3.00 bits per heavy atom. The molecule has 0 aliphatic carbocycles. The average molecular weight is 370 g/mol. The predicted octanol–water partition coefficient (Wildman–Crippen LogP) is 4.06. The molecule has 0 saturated heterocycles. The molecule has 0 aliphatic rings. The van der Waals surface area contributed by atoms with Gasteiger partial charge in [-0.2, -0.15) is 0 Å². The lowest BCUT2D eigenvalue weighted by molar-refractivity contribution is -0.111. The van der Waals surface area contributed by atoms with Crippen molar-refractivity contribution < 1.29 is 4.79 Å². The molecule has 2 rings (SSSR count). The van der Waals surface area contributed by atoms with Crippen LogP contribution in [0.5, 0.6) is 0 Å². The highest BCUT2D eigenvalue weighted by Crippen LogP contribution is 2.25. The molecule has 0 fully saturated rings. The molecule has 1 amide bonds. The second kappa shape index (κ2) is 7.56. The normalized spacial score (nSPS) is 10.9. The van der Waals surface area contributed by atoms with E-state index in [9.17, 15) is 4.79 Å². The first-order valence-corrected chi connectivity index (χ1v) is 8.48. The number of aromatic nitrogens is 2. The average Bonchev–Trinajstić information content (AvgIpc) is 2.85. The highest BCUT2D eigenvalue weighted by molar-refractivity contribution is 9.10. The number of halogens is 1. The highest BCUT2D eigenvalue weighted by atomic mass is 79.9. The Morgan fingerprint density at radius 1 is 1.45 bits per heavy atom. The summed E-state index contributed by atoms with van der Waals surface area (Å²) < 4.78 is 1.80. The second-order valence-electron chi connectivity index (χ2n) is 3.65. The van der Waals surface area contributed by atoms with Gasteiger partial charge in [0.2, 0.25) is 11.0 Å². The van der Waals surface area contributed by atoms with Gasteiger partial charge < -0.3 is 0 Å². The van der Waals surface area contributed by atoms with E-state index in [-0.39, 0.29) is 5.91 Å². The molecular formula is C13H12BrN3OS2. The maximum absolute atomic E-state index is 11.8. The van der Waals surface area contributed by atoms with Crippen LogP contribution in [0.15, 0.2) is 39.2 Å². The summed E-state index contributed by atoms with van der Waals surface area (Å²) in [6.07, 6.45) is 3.23. The Hall–Kier alpha value is -1.18. The van der Waals surface area contributed by atoms with E-state index in [0.717, 1.165) is 20.1 Å². The molecule has 104 valence electrons. The van der Waals surface area contributed by atoms with Crippen LogP contribution in [0.25, 0.3) is 6.08 Å². The minimum Gasteiger partial charge on any atom is -0.297 e. The molecule has 1 aromatic carbocycles. The quantitative estimate of drug-likeness (QED) is 0.490. The second-order valence-corrected chi connectivity index (χ2v) is 6.99. The molecule has 0 unspecified atom stereocenters. The van der Waals surface area contributed by atoms with Gasteiger partial charge in [-0.25, -0.2) is 0 Å². The van der Waals surface area contributed by atoms with Gasteiger partial charge in [0, 0.05) is 10.5 Å². The summed E-state index contributed by atoms with van der Waals surface area (Å²) in [7, 11) is 0. The summed E-state index contributed by atoms with van der Waals surface area (Å²) in [5, 5.41) is 11.1. The molecule has 0 atom stereocenters. The zero-order chi connectivity index (χ0) is 14.4. The molecule has 0 radical (unpaired) electrons. The van der Waals surface area contributed by atoms with Crippen LogP contribution >= 0.6 is 39.0 Å². The van der Waals surface area contributed by atoms with Crippen LogP contribution in [0.3, 0.4) is 0 Å². The van der Waals surface area contributed by atoms with Crippen molar-refractivity contribution in [2.24, 2.45) is 0 Å². The number of hydrogen-bond donors (Lipinski definition) is 1. The minimum atomic E-state index is -0.218. The smallest absolute Gasteiger partial charge is 0.250 e. The summed E-state index contributed by atoms with van der Waals surface area (Å²) in [6.45, 7) is 2.05. The third-order valence-electron chi connectivity index (χ3n) is 2.22. The van der Waals surface area contributed by atoms with Crippen LogP contribution in [-0.4, -0.2) is 21.9 Å². The van der Waals surface area contributed by atoms with Gasteiger partial charge in [-0.15, -0.1) is 10.2 Å². The molecular weight excluding hydrogens is 358 g/mol. The molecule has 1 N–H and O–H groups in total. The van der Waals surface area contributed by atoms with Crippen molar-refractivity contribution in [3.05, 3.63) is 40.4 Å². The van der Waals surface area contributed by atoms with E-state index in [1.165, 1.54) is 17.4 Å². The van der Waals surface area contributed by atoms with E-state index in [1.807, 2.05) is 31.2 Å². The number of rotatable bonds is 5. The van der Waals surface area contributed by atoms with Crippen LogP contribution in [0, 0.1) is 0 Å². The molecule has 2 aromatic rings. The van der Waals surface area contributed by atoms with Gasteiger partial charge in [0.15, 0.2) is 4.34 Å². The highest BCUT2D eigenvalue weighted by Gasteiger charge is 2.06. The predicted molar refractivity (Wildman–Crippen MR) is 88.1 cm³/mol. The van der Waals surface area contributed by atoms with Crippen LogP contribution in [0.2, 0.25) is 0 Å². The number of nitrogens with one attached hydrogen (secondary N) is 1. The number of carbonyl (C=O) groups is 1. The number of benzene rings is 1. The molecule has 0 aliphatic heterocycles. The summed E-state index contributed by atoms with van der Waals surface area (Å²) >= 11 is 6.41. The fraction of sp³-hybridized carbons (Fsp3) is 0.154. The number of anilines is 1. The van der Waals surface area contributed by atoms with E-state index < -0.39 is 0 Å². The van der Waals surface area contributed by atoms with Crippen molar-refractivity contribution in [1.29, 1.82) is 0 Å². The van der Waals surface area contributed by atoms with Gasteiger partial charge in [0.05, 0.1) is 0 Å². The third kappa shape index (κ3) is 4.43. The van der Waals surface area contributed by atoms with Gasteiger partial charge in [-0.3, -0.25) is 10.1 Å². The largest absolute Gasteiger partial charge is 0.297 e. The van der Waals surface area contributed by atoms with Crippen molar-refractivity contribution in [2.45, 2.75) is 11.3 Å². The standard InChI is InChI=1S/C13H12BrN3OS2/c1-2-19-13-17-16-12(20-13)15-11(18)8-7-9-5-3-4-6-10(9)14/h3-8H,2H2,1H3,(H,15,16,18)/b8-7+. The van der Waals surface area contributed by atoms with E-state index in [1.54, 1.807) is 17.8 Å². The van der Waals surface area contributed by atoms with Gasteiger partial charge in [0.1, 0.15) is 0 Å². The van der Waals surface area contributed by atoms with Gasteiger partial charge in [-0.1, -0.05) is 64.2 Å². The van der Waals surface area contributed by atoms with E-state index in [2.05, 4.69) is 31.4 Å². The Morgan fingerprint density at radius 2 is 2.25 bits per heavy atom. The lowest BCUT2D eigenvalue weighted by Gasteiger charge is -1.97. The molecule has 0 saturated carbocycles. The number of thioether (sulfide) groups is 1. The molecule has 1 aromatic heterocycles. The summed E-state index contributed by atoms with van der Waals surface area (Å²) in [6, 6.07) is 7.70. The van der Waals surface area contributed by atoms with E-state index in [0.29, 0.717) is 5.13 Å². The molecule has 1 heterocycles. The van der Waals surface area contributed by atoms with E-state index in [4.69, 9.17) is 0 Å². The number of amides is 1. The fourth-order valence-corrected chi connectivity index (χ4v) is 3.43. The summed E-state index contributed by atoms with van der Waals surface area (Å²) in [5.74, 6) is 0.717. The molecule has 20 heavy (non-hydrogen) atoms. The van der Waals surface area contributed by atoms with Crippen molar-refractivity contribution >= 4 is 56.1 Å². The number of nitrogens with zero attached hydrogens (tertiary/aromatic N) is 2. The summed E-state index contributed by atoms with van der Waals surface area (Å²) in [5.41, 5.74) is 0.946. The van der Waals surface area contributed by atoms with Gasteiger partial charge in [0.25, 0.3) is 0 Å². The Balaban J connectivity index is 1.96. The van der Waals surface area contributed by atoms with Crippen LogP contribution in [-0.2, 0) is 4.79 Å². The van der Waals surface area contributed by atoms with Gasteiger partial charge in [-0.05, 0) is 23.5 Å². The zero-order valence-corrected chi connectivity index (χ0v) is 13.9. The molecule has 4 nitrogen and oxygen atoms in total. The Bertz CT molecular complexity index is 628. The minimum absolute atomic E-state index is 0.218. The lowest BCUT2D eigenvalue weighted by atomic mass is 10.2. The molecule has 0 spiro atoms. The Labute approximate surface area is 133 Å². The number of carbonyl (C=O) groups excluding carboxylic acids is 1. The monoisotopic (exact) mass is 369 g/mol. The lowest BCUT2D eigenvalue weighted by Crippen LogP contribution is -2.07. The topological polar surface area (TPSA) is 54.9 Å². The van der Waals surface area contributed by atoms with Crippen LogP contribution < -0.4 is 5.32 Å². The number of hydrogen-bond acceptors (Lipinski definition) is 5.